The zero-order chi connectivity index (χ0) is 18.3. The summed E-state index contributed by atoms with van der Waals surface area (Å²) in [6, 6.07) is 6.90. The minimum absolute atomic E-state index is 0.0244. The monoisotopic (exact) mass is 387 g/mol. The van der Waals surface area contributed by atoms with Gasteiger partial charge in [0.1, 0.15) is 15.8 Å². The lowest BCUT2D eigenvalue weighted by Crippen LogP contribution is -2.09. The van der Waals surface area contributed by atoms with Crippen LogP contribution >= 0.6 is 11.3 Å². The maximum absolute atomic E-state index is 11.4. The Kier molecular flexibility index (Phi) is 3.95. The first-order chi connectivity index (χ1) is 12.4. The van der Waals surface area contributed by atoms with Gasteiger partial charge in [-0.2, -0.15) is 10.4 Å². The zero-order valence-electron chi connectivity index (χ0n) is 13.3. The van der Waals surface area contributed by atoms with Crippen LogP contribution in [0.1, 0.15) is 30.0 Å². The topological polar surface area (TPSA) is 150 Å². The lowest BCUT2D eigenvalue weighted by Gasteiger charge is -2.05. The Morgan fingerprint density at radius 3 is 2.85 bits per heavy atom. The standard InChI is InChI=1S/C15H13N7O2S2/c16-6-9-7-18-15(11-3-4-13(25-11)26(17,23)24)20-14(9)19-12-5-10(21-22-12)8-1-2-8/h3-5,7-8H,1-2H2,(H2,17,23,24)(H2,18,19,20,21,22). The molecule has 1 saturated carbocycles. The molecule has 1 aliphatic rings. The summed E-state index contributed by atoms with van der Waals surface area (Å²) in [6.07, 6.45) is 3.68. The van der Waals surface area contributed by atoms with Gasteiger partial charge in [0.25, 0.3) is 0 Å². The van der Waals surface area contributed by atoms with E-state index in [2.05, 4.69) is 25.5 Å². The van der Waals surface area contributed by atoms with E-state index in [4.69, 9.17) is 5.14 Å². The number of primary sulfonamides is 1. The molecule has 0 aliphatic heterocycles. The van der Waals surface area contributed by atoms with Crippen molar-refractivity contribution in [2.75, 3.05) is 5.32 Å². The highest BCUT2D eigenvalue weighted by Gasteiger charge is 2.25. The third-order valence-electron chi connectivity index (χ3n) is 3.85. The number of hydrogen-bond acceptors (Lipinski definition) is 8. The number of nitrogens with one attached hydrogen (secondary N) is 2. The Morgan fingerprint density at radius 2 is 2.19 bits per heavy atom. The molecule has 3 aromatic heterocycles. The first-order valence-electron chi connectivity index (χ1n) is 7.66. The second-order valence-electron chi connectivity index (χ2n) is 5.84. The molecule has 4 rings (SSSR count). The van der Waals surface area contributed by atoms with Crippen LogP contribution in [0.25, 0.3) is 10.7 Å². The Hall–Kier alpha value is -2.81. The molecule has 0 atom stereocenters. The molecule has 3 heterocycles. The van der Waals surface area contributed by atoms with Crippen molar-refractivity contribution in [3.8, 4) is 16.8 Å². The largest absolute Gasteiger partial charge is 0.322 e. The van der Waals surface area contributed by atoms with E-state index < -0.39 is 10.0 Å². The van der Waals surface area contributed by atoms with Gasteiger partial charge in [-0.15, -0.1) is 11.3 Å². The lowest BCUT2D eigenvalue weighted by molar-refractivity contribution is 0.600. The van der Waals surface area contributed by atoms with E-state index in [0.29, 0.717) is 28.3 Å². The molecule has 3 aromatic rings. The van der Waals surface area contributed by atoms with E-state index in [9.17, 15) is 13.7 Å². The van der Waals surface area contributed by atoms with E-state index in [1.807, 2.05) is 12.1 Å². The van der Waals surface area contributed by atoms with Gasteiger partial charge < -0.3 is 5.32 Å². The summed E-state index contributed by atoms with van der Waals surface area (Å²) in [6.45, 7) is 0. The first-order valence-corrected chi connectivity index (χ1v) is 10.0. The van der Waals surface area contributed by atoms with Gasteiger partial charge in [0.15, 0.2) is 17.5 Å². The van der Waals surface area contributed by atoms with Gasteiger partial charge in [-0.05, 0) is 25.0 Å². The summed E-state index contributed by atoms with van der Waals surface area (Å²) in [5.74, 6) is 1.68. The van der Waals surface area contributed by atoms with E-state index in [1.54, 1.807) is 6.07 Å². The van der Waals surface area contributed by atoms with Crippen molar-refractivity contribution < 1.29 is 8.42 Å². The lowest BCUT2D eigenvalue weighted by atomic mass is 10.3. The Balaban J connectivity index is 1.66. The quantitative estimate of drug-likeness (QED) is 0.606. The molecular weight excluding hydrogens is 374 g/mol. The van der Waals surface area contributed by atoms with Crippen molar-refractivity contribution in [3.63, 3.8) is 0 Å². The molecule has 0 aromatic carbocycles. The fraction of sp³-hybridized carbons (Fsp3) is 0.200. The molecule has 0 spiro atoms. The van der Waals surface area contributed by atoms with Crippen LogP contribution in [0, 0.1) is 11.3 Å². The number of rotatable bonds is 5. The minimum atomic E-state index is -3.78. The molecule has 132 valence electrons. The van der Waals surface area contributed by atoms with Gasteiger partial charge in [0, 0.05) is 17.7 Å². The summed E-state index contributed by atoms with van der Waals surface area (Å²) < 4.78 is 22.9. The van der Waals surface area contributed by atoms with Gasteiger partial charge in [-0.3, -0.25) is 5.10 Å². The number of anilines is 2. The summed E-state index contributed by atoms with van der Waals surface area (Å²) in [7, 11) is -3.78. The smallest absolute Gasteiger partial charge is 0.247 e. The number of hydrogen-bond donors (Lipinski definition) is 3. The van der Waals surface area contributed by atoms with Crippen molar-refractivity contribution in [2.45, 2.75) is 23.0 Å². The number of nitrogens with two attached hydrogens (primary N) is 1. The molecule has 0 amide bonds. The van der Waals surface area contributed by atoms with Crippen LogP contribution in [0.3, 0.4) is 0 Å². The Labute approximate surface area is 153 Å². The fourth-order valence-corrected chi connectivity index (χ4v) is 4.07. The van der Waals surface area contributed by atoms with Crippen LogP contribution < -0.4 is 10.5 Å². The van der Waals surface area contributed by atoms with Gasteiger partial charge in [-0.1, -0.05) is 0 Å². The summed E-state index contributed by atoms with van der Waals surface area (Å²) in [5, 5.41) is 24.6. The molecule has 11 heteroatoms. The number of nitriles is 1. The summed E-state index contributed by atoms with van der Waals surface area (Å²) in [4.78, 5) is 9.01. The van der Waals surface area contributed by atoms with E-state index in [-0.39, 0.29) is 9.77 Å². The molecule has 9 nitrogen and oxygen atoms in total. The van der Waals surface area contributed by atoms with Crippen LogP contribution in [0.15, 0.2) is 28.6 Å². The molecule has 4 N–H and O–H groups in total. The fourth-order valence-electron chi connectivity index (χ4n) is 2.40. The molecule has 0 bridgehead atoms. The summed E-state index contributed by atoms with van der Waals surface area (Å²) >= 11 is 0.967. The van der Waals surface area contributed by atoms with Crippen LogP contribution in [-0.2, 0) is 10.0 Å². The Bertz CT molecular complexity index is 1120. The van der Waals surface area contributed by atoms with Crippen molar-refractivity contribution in [1.29, 1.82) is 5.26 Å². The van der Waals surface area contributed by atoms with Gasteiger partial charge >= 0.3 is 0 Å². The highest BCUT2D eigenvalue weighted by molar-refractivity contribution is 7.91. The first kappa shape index (κ1) is 16.6. The second-order valence-corrected chi connectivity index (χ2v) is 8.71. The normalized spacial score (nSPS) is 14.2. The minimum Gasteiger partial charge on any atom is -0.322 e. The number of nitrogens with zero attached hydrogens (tertiary/aromatic N) is 4. The van der Waals surface area contributed by atoms with Crippen LogP contribution in [-0.4, -0.2) is 28.6 Å². The molecular formula is C15H13N7O2S2. The molecule has 1 aliphatic carbocycles. The predicted molar refractivity (Wildman–Crippen MR) is 95.3 cm³/mol. The van der Waals surface area contributed by atoms with Crippen molar-refractivity contribution >= 4 is 33.0 Å². The molecule has 0 radical (unpaired) electrons. The maximum atomic E-state index is 11.4. The predicted octanol–water partition coefficient (Wildman–Crippen LogP) is 2.07. The number of aromatic nitrogens is 4. The molecule has 0 unspecified atom stereocenters. The number of thiophene rings is 1. The highest BCUT2D eigenvalue weighted by atomic mass is 32.2. The van der Waals surface area contributed by atoms with Gasteiger partial charge in [0.05, 0.1) is 11.1 Å². The van der Waals surface area contributed by atoms with Gasteiger partial charge in [0.2, 0.25) is 10.0 Å². The third kappa shape index (κ3) is 3.30. The van der Waals surface area contributed by atoms with Crippen molar-refractivity contribution in [1.82, 2.24) is 20.2 Å². The second kappa shape index (κ2) is 6.17. The Morgan fingerprint density at radius 1 is 1.38 bits per heavy atom. The van der Waals surface area contributed by atoms with Crippen LogP contribution in [0.4, 0.5) is 11.6 Å². The molecule has 26 heavy (non-hydrogen) atoms. The van der Waals surface area contributed by atoms with Gasteiger partial charge in [-0.25, -0.2) is 23.5 Å². The van der Waals surface area contributed by atoms with Crippen molar-refractivity contribution in [3.05, 3.63) is 35.7 Å². The van der Waals surface area contributed by atoms with Crippen molar-refractivity contribution in [2.24, 2.45) is 5.14 Å². The zero-order valence-corrected chi connectivity index (χ0v) is 14.9. The molecule has 1 fully saturated rings. The number of sulfonamides is 1. The summed E-state index contributed by atoms with van der Waals surface area (Å²) in [5.41, 5.74) is 1.31. The van der Waals surface area contributed by atoms with E-state index in [0.717, 1.165) is 29.9 Å². The highest BCUT2D eigenvalue weighted by Crippen LogP contribution is 2.39. The third-order valence-corrected chi connectivity index (χ3v) is 6.37. The number of H-pyrrole nitrogens is 1. The SMILES string of the molecule is N#Cc1cnc(-c2ccc(S(N)(=O)=O)s2)nc1Nc1cc(C2CC2)[nH]n1. The van der Waals surface area contributed by atoms with Crippen LogP contribution in [0.2, 0.25) is 0 Å². The maximum Gasteiger partial charge on any atom is 0.247 e. The average molecular weight is 387 g/mol. The van der Waals surface area contributed by atoms with E-state index >= 15 is 0 Å². The average Bonchev–Trinajstić information content (AvgIpc) is 3.14. The molecule has 0 saturated heterocycles. The number of aromatic amines is 1. The van der Waals surface area contributed by atoms with E-state index in [1.165, 1.54) is 12.3 Å². The van der Waals surface area contributed by atoms with Crippen LogP contribution in [0.5, 0.6) is 0 Å².